The van der Waals surface area contributed by atoms with Crippen molar-refractivity contribution in [1.82, 2.24) is 14.4 Å². The number of fused-ring (bicyclic) bond motifs is 1. The summed E-state index contributed by atoms with van der Waals surface area (Å²) in [7, 11) is 0. The Morgan fingerprint density at radius 3 is 3.00 bits per heavy atom. The van der Waals surface area contributed by atoms with Crippen LogP contribution in [0.2, 0.25) is 0 Å². The molecule has 2 N–H and O–H groups in total. The van der Waals surface area contributed by atoms with Gasteiger partial charge in [0.25, 0.3) is 0 Å². The molecule has 0 saturated carbocycles. The summed E-state index contributed by atoms with van der Waals surface area (Å²) in [5.41, 5.74) is 10.5. The zero-order chi connectivity index (χ0) is 11.8. The maximum absolute atomic E-state index is 5.81. The zero-order valence-electron chi connectivity index (χ0n) is 9.46. The van der Waals surface area contributed by atoms with E-state index in [0.29, 0.717) is 0 Å². The number of imidazole rings is 1. The molecule has 4 nitrogen and oxygen atoms in total. The highest BCUT2D eigenvalue weighted by molar-refractivity contribution is 5.68. The number of aryl methyl sites for hydroxylation is 1. The van der Waals surface area contributed by atoms with Gasteiger partial charge in [0.1, 0.15) is 0 Å². The second kappa shape index (κ2) is 3.59. The predicted octanol–water partition coefficient (Wildman–Crippen LogP) is 2.29. The van der Waals surface area contributed by atoms with Crippen LogP contribution in [0.4, 0.5) is 5.69 Å². The van der Waals surface area contributed by atoms with E-state index < -0.39 is 0 Å². The van der Waals surface area contributed by atoms with Gasteiger partial charge in [-0.1, -0.05) is 6.07 Å². The Bertz CT molecular complexity index is 685. The van der Waals surface area contributed by atoms with Crippen molar-refractivity contribution in [1.29, 1.82) is 0 Å². The Labute approximate surface area is 98.8 Å². The molecule has 0 saturated heterocycles. The Morgan fingerprint density at radius 1 is 1.24 bits per heavy atom. The maximum Gasteiger partial charge on any atom is 0.155 e. The molecule has 2 heterocycles. The summed E-state index contributed by atoms with van der Waals surface area (Å²) in [6.07, 6.45) is 7.39. The number of nitrogens with two attached hydrogens (primary N) is 1. The SMILES string of the molecule is Cc1ccc(N)cc1-c1cn2ccnc2cn1. The summed E-state index contributed by atoms with van der Waals surface area (Å²) in [4.78, 5) is 8.58. The molecule has 0 atom stereocenters. The van der Waals surface area contributed by atoms with E-state index in [0.717, 1.165) is 28.2 Å². The van der Waals surface area contributed by atoms with Gasteiger partial charge in [0.05, 0.1) is 11.9 Å². The van der Waals surface area contributed by atoms with Crippen molar-refractivity contribution in [2.75, 3.05) is 5.73 Å². The van der Waals surface area contributed by atoms with Gasteiger partial charge in [0.15, 0.2) is 5.65 Å². The normalized spacial score (nSPS) is 10.9. The molecule has 0 spiro atoms. The van der Waals surface area contributed by atoms with Crippen molar-refractivity contribution >= 4 is 11.3 Å². The molecule has 0 amide bonds. The smallest absolute Gasteiger partial charge is 0.155 e. The van der Waals surface area contributed by atoms with Crippen LogP contribution in [-0.2, 0) is 0 Å². The molecule has 0 radical (unpaired) electrons. The summed E-state index contributed by atoms with van der Waals surface area (Å²) in [6.45, 7) is 2.05. The van der Waals surface area contributed by atoms with Crippen molar-refractivity contribution in [3.63, 3.8) is 0 Å². The fourth-order valence-electron chi connectivity index (χ4n) is 1.88. The lowest BCUT2D eigenvalue weighted by molar-refractivity contribution is 1.13. The minimum absolute atomic E-state index is 0.748. The van der Waals surface area contributed by atoms with Crippen molar-refractivity contribution in [3.8, 4) is 11.3 Å². The lowest BCUT2D eigenvalue weighted by Gasteiger charge is -2.06. The molecule has 84 valence electrons. The molecule has 0 fully saturated rings. The minimum atomic E-state index is 0.748. The topological polar surface area (TPSA) is 56.2 Å². The van der Waals surface area contributed by atoms with Crippen LogP contribution < -0.4 is 5.73 Å². The minimum Gasteiger partial charge on any atom is -0.399 e. The summed E-state index contributed by atoms with van der Waals surface area (Å²) >= 11 is 0. The van der Waals surface area contributed by atoms with Crippen LogP contribution in [-0.4, -0.2) is 14.4 Å². The van der Waals surface area contributed by atoms with Crippen molar-refractivity contribution in [3.05, 3.63) is 48.5 Å². The molecule has 0 aliphatic carbocycles. The van der Waals surface area contributed by atoms with Crippen molar-refractivity contribution < 1.29 is 0 Å². The quantitative estimate of drug-likeness (QED) is 0.645. The number of hydrogen-bond donors (Lipinski definition) is 1. The van der Waals surface area contributed by atoms with E-state index in [9.17, 15) is 0 Å². The van der Waals surface area contributed by atoms with E-state index in [1.165, 1.54) is 0 Å². The van der Waals surface area contributed by atoms with E-state index in [-0.39, 0.29) is 0 Å². The van der Waals surface area contributed by atoms with Crippen LogP contribution in [0, 0.1) is 6.92 Å². The lowest BCUT2D eigenvalue weighted by Crippen LogP contribution is -1.93. The first-order valence-corrected chi connectivity index (χ1v) is 5.39. The average Bonchev–Trinajstić information content (AvgIpc) is 2.79. The van der Waals surface area contributed by atoms with Crippen LogP contribution in [0.25, 0.3) is 16.9 Å². The monoisotopic (exact) mass is 224 g/mol. The van der Waals surface area contributed by atoms with E-state index in [2.05, 4.69) is 16.9 Å². The molecule has 3 aromatic rings. The Hall–Kier alpha value is -2.36. The number of nitrogen functional groups attached to an aromatic ring is 1. The van der Waals surface area contributed by atoms with Crippen LogP contribution >= 0.6 is 0 Å². The average molecular weight is 224 g/mol. The second-order valence-electron chi connectivity index (χ2n) is 4.04. The molecular formula is C13H12N4. The van der Waals surface area contributed by atoms with Gasteiger partial charge in [-0.3, -0.25) is 4.98 Å². The van der Waals surface area contributed by atoms with Gasteiger partial charge in [-0.05, 0) is 24.6 Å². The summed E-state index contributed by atoms with van der Waals surface area (Å²) in [6, 6.07) is 5.85. The van der Waals surface area contributed by atoms with Gasteiger partial charge in [-0.25, -0.2) is 4.98 Å². The molecular weight excluding hydrogens is 212 g/mol. The molecule has 2 aromatic heterocycles. The number of aromatic nitrogens is 3. The summed E-state index contributed by atoms with van der Waals surface area (Å²) < 4.78 is 1.95. The lowest BCUT2D eigenvalue weighted by atomic mass is 10.1. The predicted molar refractivity (Wildman–Crippen MR) is 67.6 cm³/mol. The van der Waals surface area contributed by atoms with E-state index in [1.807, 2.05) is 35.0 Å². The van der Waals surface area contributed by atoms with Crippen molar-refractivity contribution in [2.24, 2.45) is 0 Å². The molecule has 17 heavy (non-hydrogen) atoms. The second-order valence-corrected chi connectivity index (χ2v) is 4.04. The highest BCUT2D eigenvalue weighted by atomic mass is 15.0. The Kier molecular flexibility index (Phi) is 2.08. The molecule has 4 heteroatoms. The molecule has 1 aromatic carbocycles. The van der Waals surface area contributed by atoms with Gasteiger partial charge in [-0.15, -0.1) is 0 Å². The highest BCUT2D eigenvalue weighted by Crippen LogP contribution is 2.23. The fourth-order valence-corrected chi connectivity index (χ4v) is 1.88. The molecule has 0 aliphatic heterocycles. The Morgan fingerprint density at radius 2 is 2.12 bits per heavy atom. The molecule has 0 aliphatic rings. The maximum atomic E-state index is 5.81. The van der Waals surface area contributed by atoms with Gasteiger partial charge in [0.2, 0.25) is 0 Å². The Balaban J connectivity index is 2.22. The number of anilines is 1. The third kappa shape index (κ3) is 1.63. The van der Waals surface area contributed by atoms with E-state index in [4.69, 9.17) is 5.73 Å². The largest absolute Gasteiger partial charge is 0.399 e. The first-order chi connectivity index (χ1) is 8.24. The number of rotatable bonds is 1. The number of hydrogen-bond acceptors (Lipinski definition) is 3. The van der Waals surface area contributed by atoms with Crippen LogP contribution in [0.1, 0.15) is 5.56 Å². The van der Waals surface area contributed by atoms with Crippen LogP contribution in [0.15, 0.2) is 43.0 Å². The van der Waals surface area contributed by atoms with Gasteiger partial charge < -0.3 is 10.1 Å². The van der Waals surface area contributed by atoms with Crippen LogP contribution in [0.5, 0.6) is 0 Å². The standard InChI is InChI=1S/C13H12N4/c1-9-2-3-10(14)6-11(9)12-8-17-5-4-15-13(17)7-16-12/h2-8H,14H2,1H3. The van der Waals surface area contributed by atoms with Gasteiger partial charge >= 0.3 is 0 Å². The zero-order valence-corrected chi connectivity index (χ0v) is 9.46. The van der Waals surface area contributed by atoms with Crippen molar-refractivity contribution in [2.45, 2.75) is 6.92 Å². The summed E-state index contributed by atoms with van der Waals surface area (Å²) in [5.74, 6) is 0. The van der Waals surface area contributed by atoms with Gasteiger partial charge in [-0.2, -0.15) is 0 Å². The summed E-state index contributed by atoms with van der Waals surface area (Å²) in [5, 5.41) is 0. The number of nitrogens with zero attached hydrogens (tertiary/aromatic N) is 3. The third-order valence-electron chi connectivity index (χ3n) is 2.82. The van der Waals surface area contributed by atoms with Gasteiger partial charge in [0, 0.05) is 29.8 Å². The third-order valence-corrected chi connectivity index (χ3v) is 2.82. The van der Waals surface area contributed by atoms with E-state index >= 15 is 0 Å². The highest BCUT2D eigenvalue weighted by Gasteiger charge is 2.05. The van der Waals surface area contributed by atoms with E-state index in [1.54, 1.807) is 12.4 Å². The molecule has 0 bridgehead atoms. The first-order valence-electron chi connectivity index (χ1n) is 5.39. The fraction of sp³-hybridized carbons (Fsp3) is 0.0769. The molecule has 3 rings (SSSR count). The molecule has 0 unspecified atom stereocenters. The van der Waals surface area contributed by atoms with Crippen LogP contribution in [0.3, 0.4) is 0 Å². The number of benzene rings is 1. The first kappa shape index (κ1) is 9.84.